The Labute approximate surface area is 68.9 Å². The van der Waals surface area contributed by atoms with E-state index < -0.39 is 0 Å². The summed E-state index contributed by atoms with van der Waals surface area (Å²) in [5, 5.41) is 0. The van der Waals surface area contributed by atoms with Crippen LogP contribution in [-0.2, 0) is 9.47 Å². The molecule has 1 saturated heterocycles. The van der Waals surface area contributed by atoms with E-state index in [0.29, 0.717) is 11.5 Å². The molecule has 1 rings (SSSR count). The average Bonchev–Trinajstić information content (AvgIpc) is 1.85. The van der Waals surface area contributed by atoms with Gasteiger partial charge < -0.3 is 9.47 Å². The highest BCUT2D eigenvalue weighted by Gasteiger charge is 2.21. The maximum Gasteiger partial charge on any atom is 0.0814 e. The van der Waals surface area contributed by atoms with Crippen molar-refractivity contribution in [2.75, 3.05) is 19.8 Å². The quantitative estimate of drug-likeness (QED) is 0.579. The van der Waals surface area contributed by atoms with Gasteiger partial charge in [0.05, 0.1) is 25.9 Å². The third-order valence-electron chi connectivity index (χ3n) is 1.73. The SMILES string of the molecule is CC(C)(C)C[C@H]1COCCO1. The molecule has 1 atom stereocenters. The summed E-state index contributed by atoms with van der Waals surface area (Å²) in [6.07, 6.45) is 1.41. The first kappa shape index (κ1) is 9.01. The van der Waals surface area contributed by atoms with E-state index in [1.54, 1.807) is 0 Å². The van der Waals surface area contributed by atoms with Gasteiger partial charge in [-0.2, -0.15) is 0 Å². The summed E-state index contributed by atoms with van der Waals surface area (Å²) >= 11 is 0. The molecule has 66 valence electrons. The standard InChI is InChI=1S/C9H18O2/c1-9(2,3)6-8-7-10-4-5-11-8/h8H,4-7H2,1-3H3/t8-/m0/s1. The zero-order chi connectivity index (χ0) is 8.32. The van der Waals surface area contributed by atoms with Gasteiger partial charge in [0.1, 0.15) is 0 Å². The van der Waals surface area contributed by atoms with Crippen LogP contribution in [0.1, 0.15) is 27.2 Å². The summed E-state index contributed by atoms with van der Waals surface area (Å²) in [7, 11) is 0. The van der Waals surface area contributed by atoms with Crippen molar-refractivity contribution < 1.29 is 9.47 Å². The fraction of sp³-hybridized carbons (Fsp3) is 1.00. The first-order valence-corrected chi connectivity index (χ1v) is 4.27. The van der Waals surface area contributed by atoms with E-state index >= 15 is 0 Å². The summed E-state index contributed by atoms with van der Waals surface area (Å²) in [6, 6.07) is 0. The minimum atomic E-state index is 0.323. The van der Waals surface area contributed by atoms with E-state index in [9.17, 15) is 0 Å². The zero-order valence-electron chi connectivity index (χ0n) is 7.72. The summed E-state index contributed by atoms with van der Waals surface area (Å²) < 4.78 is 10.8. The second kappa shape index (κ2) is 3.55. The summed E-state index contributed by atoms with van der Waals surface area (Å²) in [5.74, 6) is 0. The molecule has 1 aliphatic heterocycles. The summed E-state index contributed by atoms with van der Waals surface area (Å²) in [5.41, 5.74) is 0.353. The largest absolute Gasteiger partial charge is 0.376 e. The molecular formula is C9H18O2. The zero-order valence-corrected chi connectivity index (χ0v) is 7.72. The number of rotatable bonds is 1. The molecule has 11 heavy (non-hydrogen) atoms. The molecule has 0 N–H and O–H groups in total. The van der Waals surface area contributed by atoms with Crippen LogP contribution in [0.4, 0.5) is 0 Å². The minimum absolute atomic E-state index is 0.323. The van der Waals surface area contributed by atoms with Crippen molar-refractivity contribution in [2.45, 2.75) is 33.3 Å². The molecule has 0 unspecified atom stereocenters. The molecule has 1 heterocycles. The molecule has 0 spiro atoms. The second-order valence-electron chi connectivity index (χ2n) is 4.33. The molecule has 0 aromatic carbocycles. The van der Waals surface area contributed by atoms with E-state index in [2.05, 4.69) is 20.8 Å². The first-order chi connectivity index (χ1) is 5.08. The fourth-order valence-corrected chi connectivity index (χ4v) is 1.34. The number of ether oxygens (including phenoxy) is 2. The molecule has 0 aliphatic carbocycles. The van der Waals surface area contributed by atoms with Crippen molar-refractivity contribution in [1.29, 1.82) is 0 Å². The van der Waals surface area contributed by atoms with Crippen LogP contribution < -0.4 is 0 Å². The molecule has 1 aliphatic rings. The van der Waals surface area contributed by atoms with Gasteiger partial charge in [0, 0.05) is 0 Å². The van der Waals surface area contributed by atoms with Gasteiger partial charge in [-0.3, -0.25) is 0 Å². The lowest BCUT2D eigenvalue weighted by molar-refractivity contribution is -0.100. The van der Waals surface area contributed by atoms with Crippen molar-refractivity contribution in [3.63, 3.8) is 0 Å². The second-order valence-corrected chi connectivity index (χ2v) is 4.33. The lowest BCUT2D eigenvalue weighted by Gasteiger charge is -2.28. The van der Waals surface area contributed by atoms with Crippen molar-refractivity contribution in [3.05, 3.63) is 0 Å². The molecule has 0 amide bonds. The molecule has 0 radical (unpaired) electrons. The Kier molecular flexibility index (Phi) is 2.90. The predicted octanol–water partition coefficient (Wildman–Crippen LogP) is 1.84. The Bertz CT molecular complexity index is 109. The maximum absolute atomic E-state index is 5.53. The Morgan fingerprint density at radius 3 is 2.45 bits per heavy atom. The lowest BCUT2D eigenvalue weighted by atomic mass is 9.89. The van der Waals surface area contributed by atoms with Crippen molar-refractivity contribution in [3.8, 4) is 0 Å². The molecule has 2 nitrogen and oxygen atoms in total. The Balaban J connectivity index is 2.24. The number of hydrogen-bond donors (Lipinski definition) is 0. The predicted molar refractivity (Wildman–Crippen MR) is 44.6 cm³/mol. The van der Waals surface area contributed by atoms with E-state index in [-0.39, 0.29) is 0 Å². The highest BCUT2D eigenvalue weighted by molar-refractivity contribution is 4.70. The van der Waals surface area contributed by atoms with Gasteiger partial charge in [-0.25, -0.2) is 0 Å². The minimum Gasteiger partial charge on any atom is -0.376 e. The van der Waals surface area contributed by atoms with Crippen LogP contribution in [0.2, 0.25) is 0 Å². The third-order valence-corrected chi connectivity index (χ3v) is 1.73. The van der Waals surface area contributed by atoms with Gasteiger partial charge in [0.25, 0.3) is 0 Å². The van der Waals surface area contributed by atoms with E-state index in [1.807, 2.05) is 0 Å². The van der Waals surface area contributed by atoms with E-state index in [0.717, 1.165) is 26.2 Å². The fourth-order valence-electron chi connectivity index (χ4n) is 1.34. The van der Waals surface area contributed by atoms with Crippen LogP contribution in [0, 0.1) is 5.41 Å². The van der Waals surface area contributed by atoms with Crippen LogP contribution in [0.25, 0.3) is 0 Å². The molecular weight excluding hydrogens is 140 g/mol. The van der Waals surface area contributed by atoms with Gasteiger partial charge in [-0.1, -0.05) is 20.8 Å². The Morgan fingerprint density at radius 1 is 1.27 bits per heavy atom. The van der Waals surface area contributed by atoms with Gasteiger partial charge in [0.2, 0.25) is 0 Å². The van der Waals surface area contributed by atoms with E-state index in [4.69, 9.17) is 9.47 Å². The van der Waals surface area contributed by atoms with Crippen LogP contribution >= 0.6 is 0 Å². The third kappa shape index (κ3) is 3.73. The van der Waals surface area contributed by atoms with Gasteiger partial charge in [0.15, 0.2) is 0 Å². The monoisotopic (exact) mass is 158 g/mol. The first-order valence-electron chi connectivity index (χ1n) is 4.27. The Morgan fingerprint density at radius 2 is 2.00 bits per heavy atom. The molecule has 2 heteroatoms. The molecule has 1 fully saturated rings. The van der Waals surface area contributed by atoms with Crippen LogP contribution in [0.5, 0.6) is 0 Å². The van der Waals surface area contributed by atoms with Crippen molar-refractivity contribution >= 4 is 0 Å². The summed E-state index contributed by atoms with van der Waals surface area (Å²) in [4.78, 5) is 0. The molecule has 0 bridgehead atoms. The number of hydrogen-bond acceptors (Lipinski definition) is 2. The van der Waals surface area contributed by atoms with Crippen molar-refractivity contribution in [2.24, 2.45) is 5.41 Å². The smallest absolute Gasteiger partial charge is 0.0814 e. The van der Waals surface area contributed by atoms with Crippen molar-refractivity contribution in [1.82, 2.24) is 0 Å². The molecule has 0 aromatic heterocycles. The molecule has 0 aromatic rings. The van der Waals surface area contributed by atoms with Gasteiger partial charge in [-0.15, -0.1) is 0 Å². The maximum atomic E-state index is 5.53. The topological polar surface area (TPSA) is 18.5 Å². The Hall–Kier alpha value is -0.0800. The van der Waals surface area contributed by atoms with Crippen LogP contribution in [-0.4, -0.2) is 25.9 Å². The normalized spacial score (nSPS) is 27.0. The van der Waals surface area contributed by atoms with Gasteiger partial charge in [-0.05, 0) is 11.8 Å². The van der Waals surface area contributed by atoms with Crippen LogP contribution in [0.3, 0.4) is 0 Å². The van der Waals surface area contributed by atoms with E-state index in [1.165, 1.54) is 0 Å². The van der Waals surface area contributed by atoms with Gasteiger partial charge >= 0.3 is 0 Å². The van der Waals surface area contributed by atoms with Crippen LogP contribution in [0.15, 0.2) is 0 Å². The molecule has 0 saturated carbocycles. The summed E-state index contributed by atoms with van der Waals surface area (Å²) in [6.45, 7) is 8.99. The highest BCUT2D eigenvalue weighted by atomic mass is 16.6. The lowest BCUT2D eigenvalue weighted by Crippen LogP contribution is -2.31. The highest BCUT2D eigenvalue weighted by Crippen LogP contribution is 2.23. The average molecular weight is 158 g/mol.